The summed E-state index contributed by atoms with van der Waals surface area (Å²) in [6.07, 6.45) is 9.13. The highest BCUT2D eigenvalue weighted by Crippen LogP contribution is 2.24. The summed E-state index contributed by atoms with van der Waals surface area (Å²) in [4.78, 5) is 56.3. The summed E-state index contributed by atoms with van der Waals surface area (Å²) in [5, 5.41) is 0. The molecule has 0 aromatic rings. The maximum absolute atomic E-state index is 12.7. The van der Waals surface area contributed by atoms with Crippen LogP contribution < -0.4 is 11.5 Å². The second kappa shape index (κ2) is 19.0. The Morgan fingerprint density at radius 2 is 0.848 bits per heavy atom. The second-order valence-corrected chi connectivity index (χ2v) is 13.3. The number of likely N-dealkylation sites (N-methyl/N-ethyl adjacent to an activating group) is 2. The first kappa shape index (κ1) is 37.5. The molecule has 0 saturated heterocycles. The number of nitrogens with zero attached hydrogens (tertiary/aromatic N) is 4. The molecule has 3 saturated carbocycles. The number of hydrogen-bond donors (Lipinski definition) is 2. The van der Waals surface area contributed by atoms with Gasteiger partial charge in [-0.2, -0.15) is 0 Å². The molecule has 4 amide bonds. The summed E-state index contributed by atoms with van der Waals surface area (Å²) in [6.45, 7) is 0.640. The molecule has 3 fully saturated rings. The molecule has 46 heavy (non-hydrogen) atoms. The maximum atomic E-state index is 12.7. The smallest absolute Gasteiger partial charge is 0.409 e. The SMILES string of the molecule is CN(CCOC(=O)N(C)C1CCC(N)CC1)C(=O)OC1CCCC(OC(=O)N(C)CCOC(=O)N(C)C2CCC(N)CC2)CCC1. The van der Waals surface area contributed by atoms with E-state index in [4.69, 9.17) is 30.4 Å². The molecule has 3 aliphatic rings. The lowest BCUT2D eigenvalue weighted by atomic mass is 9.91. The Hall–Kier alpha value is -3.00. The van der Waals surface area contributed by atoms with Crippen LogP contribution in [0.1, 0.15) is 89.9 Å². The topological polar surface area (TPSA) is 170 Å². The first-order chi connectivity index (χ1) is 21.9. The highest BCUT2D eigenvalue weighted by molar-refractivity contribution is 5.69. The predicted molar refractivity (Wildman–Crippen MR) is 172 cm³/mol. The molecule has 0 aliphatic heterocycles. The van der Waals surface area contributed by atoms with Crippen molar-refractivity contribution in [3.63, 3.8) is 0 Å². The van der Waals surface area contributed by atoms with Gasteiger partial charge in [-0.3, -0.25) is 0 Å². The van der Waals surface area contributed by atoms with E-state index in [0.29, 0.717) is 25.7 Å². The first-order valence-electron chi connectivity index (χ1n) is 17.1. The van der Waals surface area contributed by atoms with Crippen LogP contribution in [0.4, 0.5) is 19.2 Å². The Kier molecular flexibility index (Phi) is 15.5. The third-order valence-corrected chi connectivity index (χ3v) is 9.72. The molecule has 0 unspecified atom stereocenters. The lowest BCUT2D eigenvalue weighted by Crippen LogP contribution is -2.43. The number of hydrogen-bond acceptors (Lipinski definition) is 10. The average Bonchev–Trinajstić information content (AvgIpc) is 3.02. The molecule has 0 radical (unpaired) electrons. The van der Waals surface area contributed by atoms with Gasteiger partial charge in [0.1, 0.15) is 25.4 Å². The molecule has 264 valence electrons. The Bertz CT molecular complexity index is 888. The van der Waals surface area contributed by atoms with E-state index in [9.17, 15) is 19.2 Å². The van der Waals surface area contributed by atoms with Gasteiger partial charge in [0.25, 0.3) is 0 Å². The van der Waals surface area contributed by atoms with E-state index in [-0.39, 0.29) is 62.7 Å². The third kappa shape index (κ3) is 12.3. The van der Waals surface area contributed by atoms with Gasteiger partial charge in [0.2, 0.25) is 0 Å². The van der Waals surface area contributed by atoms with Gasteiger partial charge < -0.3 is 50.0 Å². The standard InChI is InChI=1S/C32H58N6O8/c1-35(19-21-43-31(41)37(3)25-15-11-23(33)12-16-25)29(39)45-27-7-5-9-28(10-6-8-27)46-30(40)36(2)20-22-44-32(42)38(4)26-17-13-24(34)14-18-26/h23-28H,5-22,33-34H2,1-4H3. The van der Waals surface area contributed by atoms with Gasteiger partial charge in [0.05, 0.1) is 13.1 Å². The zero-order valence-corrected chi connectivity index (χ0v) is 28.4. The van der Waals surface area contributed by atoms with E-state index in [0.717, 1.165) is 64.2 Å². The summed E-state index contributed by atoms with van der Waals surface area (Å²) >= 11 is 0. The average molecular weight is 655 g/mol. The molecule has 0 heterocycles. The van der Waals surface area contributed by atoms with Crippen molar-refractivity contribution < 1.29 is 38.1 Å². The van der Waals surface area contributed by atoms with Crippen molar-refractivity contribution >= 4 is 24.4 Å². The quantitative estimate of drug-likeness (QED) is 0.330. The lowest BCUT2D eigenvalue weighted by Gasteiger charge is -2.33. The Morgan fingerprint density at radius 3 is 1.17 bits per heavy atom. The summed E-state index contributed by atoms with van der Waals surface area (Å²) in [7, 11) is 6.75. The van der Waals surface area contributed by atoms with E-state index in [1.54, 1.807) is 38.0 Å². The predicted octanol–water partition coefficient (Wildman–Crippen LogP) is 3.89. The minimum atomic E-state index is -0.448. The van der Waals surface area contributed by atoms with Crippen molar-refractivity contribution in [2.24, 2.45) is 11.5 Å². The highest BCUT2D eigenvalue weighted by atomic mass is 16.6. The zero-order valence-electron chi connectivity index (χ0n) is 28.4. The molecule has 0 aromatic carbocycles. The van der Waals surface area contributed by atoms with Crippen LogP contribution in [0, 0.1) is 0 Å². The molecule has 3 aliphatic carbocycles. The van der Waals surface area contributed by atoms with Gasteiger partial charge in [-0.25, -0.2) is 19.2 Å². The van der Waals surface area contributed by atoms with Crippen molar-refractivity contribution in [2.75, 3.05) is 54.5 Å². The normalized spacial score (nSPS) is 26.8. The molecule has 0 atom stereocenters. The fraction of sp³-hybridized carbons (Fsp3) is 0.875. The number of amides is 4. The Balaban J connectivity index is 1.27. The molecule has 3 rings (SSSR count). The number of nitrogens with two attached hydrogens (primary N) is 2. The van der Waals surface area contributed by atoms with Gasteiger partial charge in [0.15, 0.2) is 0 Å². The van der Waals surface area contributed by atoms with Crippen molar-refractivity contribution in [1.82, 2.24) is 19.6 Å². The van der Waals surface area contributed by atoms with Crippen LogP contribution in [-0.2, 0) is 18.9 Å². The fourth-order valence-electron chi connectivity index (χ4n) is 6.34. The highest BCUT2D eigenvalue weighted by Gasteiger charge is 2.28. The Morgan fingerprint density at radius 1 is 0.522 bits per heavy atom. The lowest BCUT2D eigenvalue weighted by molar-refractivity contribution is 0.0262. The Labute approximate surface area is 274 Å². The maximum Gasteiger partial charge on any atom is 0.409 e. The van der Waals surface area contributed by atoms with E-state index < -0.39 is 24.4 Å². The van der Waals surface area contributed by atoms with Gasteiger partial charge in [-0.05, 0) is 89.9 Å². The van der Waals surface area contributed by atoms with Crippen LogP contribution in [0.3, 0.4) is 0 Å². The van der Waals surface area contributed by atoms with Crippen LogP contribution in [0.25, 0.3) is 0 Å². The van der Waals surface area contributed by atoms with Crippen molar-refractivity contribution in [2.45, 2.75) is 126 Å². The van der Waals surface area contributed by atoms with Gasteiger partial charge in [0, 0.05) is 52.4 Å². The van der Waals surface area contributed by atoms with Crippen LogP contribution in [-0.4, -0.2) is 135 Å². The molecule has 0 bridgehead atoms. The summed E-state index contributed by atoms with van der Waals surface area (Å²) < 4.78 is 22.3. The van der Waals surface area contributed by atoms with Gasteiger partial charge >= 0.3 is 24.4 Å². The second-order valence-electron chi connectivity index (χ2n) is 13.3. The molecular weight excluding hydrogens is 596 g/mol. The number of ether oxygens (including phenoxy) is 4. The van der Waals surface area contributed by atoms with Gasteiger partial charge in [-0.15, -0.1) is 0 Å². The molecule has 14 heteroatoms. The summed E-state index contributed by atoms with van der Waals surface area (Å²) in [6, 6.07) is 0.683. The first-order valence-corrected chi connectivity index (χ1v) is 17.1. The van der Waals surface area contributed by atoms with E-state index >= 15 is 0 Å². The molecular formula is C32H58N6O8. The third-order valence-electron chi connectivity index (χ3n) is 9.72. The summed E-state index contributed by atoms with van der Waals surface area (Å²) in [5.74, 6) is 0. The van der Waals surface area contributed by atoms with E-state index in [1.165, 1.54) is 9.80 Å². The number of rotatable bonds is 10. The van der Waals surface area contributed by atoms with Crippen molar-refractivity contribution in [3.05, 3.63) is 0 Å². The van der Waals surface area contributed by atoms with Gasteiger partial charge in [-0.1, -0.05) is 0 Å². The van der Waals surface area contributed by atoms with Crippen molar-refractivity contribution in [3.8, 4) is 0 Å². The minimum absolute atomic E-state index is 0.0860. The van der Waals surface area contributed by atoms with Crippen molar-refractivity contribution in [1.29, 1.82) is 0 Å². The number of carbonyl (C=O) groups is 4. The van der Waals surface area contributed by atoms with Crippen LogP contribution >= 0.6 is 0 Å². The monoisotopic (exact) mass is 654 g/mol. The van der Waals surface area contributed by atoms with E-state index in [1.807, 2.05) is 0 Å². The molecule has 4 N–H and O–H groups in total. The van der Waals surface area contributed by atoms with Crippen LogP contribution in [0.15, 0.2) is 0 Å². The molecule has 0 aromatic heterocycles. The van der Waals surface area contributed by atoms with Crippen LogP contribution in [0.2, 0.25) is 0 Å². The summed E-state index contributed by atoms with van der Waals surface area (Å²) in [5.41, 5.74) is 11.9. The molecule has 0 spiro atoms. The fourth-order valence-corrected chi connectivity index (χ4v) is 6.34. The number of carbonyl (C=O) groups excluding carboxylic acids is 4. The van der Waals surface area contributed by atoms with E-state index in [2.05, 4.69) is 0 Å². The zero-order chi connectivity index (χ0) is 33.6. The minimum Gasteiger partial charge on any atom is -0.448 e. The largest absolute Gasteiger partial charge is 0.448 e. The van der Waals surface area contributed by atoms with Crippen LogP contribution in [0.5, 0.6) is 0 Å². The molecule has 14 nitrogen and oxygen atoms in total.